The van der Waals surface area contributed by atoms with Crippen LogP contribution in [-0.2, 0) is 13.0 Å². The smallest absolute Gasteiger partial charge is 0.260 e. The fourth-order valence-corrected chi connectivity index (χ4v) is 4.26. The lowest BCUT2D eigenvalue weighted by molar-refractivity contribution is 0.0986. The van der Waals surface area contributed by atoms with Crippen LogP contribution in [0.5, 0.6) is 5.75 Å². The topological polar surface area (TPSA) is 74.1 Å². The number of Topliss-reactive ketones (excluding diaryl/α,β-unsaturated/α-hetero) is 1. The molecule has 9 heteroatoms. The van der Waals surface area contributed by atoms with Crippen molar-refractivity contribution in [1.82, 2.24) is 14.5 Å². The van der Waals surface area contributed by atoms with Crippen molar-refractivity contribution in [2.45, 2.75) is 26.4 Å². The minimum absolute atomic E-state index is 0.0431. The molecule has 6 nitrogen and oxygen atoms in total. The lowest BCUT2D eigenvalue weighted by atomic mass is 10.1. The number of rotatable bonds is 8. The Hall–Kier alpha value is -3.36. The second-order valence-corrected chi connectivity index (χ2v) is 8.67. The van der Waals surface area contributed by atoms with Gasteiger partial charge in [0.1, 0.15) is 23.3 Å². The zero-order valence-corrected chi connectivity index (χ0v) is 19.2. The number of aromatic nitrogens is 3. The Balaban J connectivity index is 1.44. The van der Waals surface area contributed by atoms with E-state index in [1.54, 1.807) is 43.6 Å². The summed E-state index contributed by atoms with van der Waals surface area (Å²) >= 11 is 6.97. The number of benzene rings is 1. The first kappa shape index (κ1) is 22.8. The molecule has 0 amide bonds. The Morgan fingerprint density at radius 3 is 2.61 bits per heavy atom. The molecular formula is C24H19ClFN3O3S. The van der Waals surface area contributed by atoms with Gasteiger partial charge in [-0.15, -0.1) is 0 Å². The predicted molar refractivity (Wildman–Crippen MR) is 125 cm³/mol. The summed E-state index contributed by atoms with van der Waals surface area (Å²) in [4.78, 5) is 34.3. The van der Waals surface area contributed by atoms with Gasteiger partial charge in [0.15, 0.2) is 10.9 Å². The largest absolute Gasteiger partial charge is 0.489 e. The van der Waals surface area contributed by atoms with Crippen LogP contribution in [0.4, 0.5) is 4.39 Å². The van der Waals surface area contributed by atoms with E-state index in [0.717, 1.165) is 11.1 Å². The number of thiazole rings is 1. The van der Waals surface area contributed by atoms with Crippen molar-refractivity contribution < 1.29 is 13.9 Å². The van der Waals surface area contributed by atoms with Crippen LogP contribution in [0, 0.1) is 12.7 Å². The molecule has 4 rings (SSSR count). The van der Waals surface area contributed by atoms with E-state index in [-0.39, 0.29) is 23.8 Å². The first-order chi connectivity index (χ1) is 15.9. The lowest BCUT2D eigenvalue weighted by Gasteiger charge is -2.07. The number of pyridine rings is 2. The van der Waals surface area contributed by atoms with Crippen LogP contribution in [-0.4, -0.2) is 20.3 Å². The quantitative estimate of drug-likeness (QED) is 0.255. The van der Waals surface area contributed by atoms with Gasteiger partial charge in [-0.25, -0.2) is 14.4 Å². The molecule has 0 aliphatic carbocycles. The Labute approximate surface area is 198 Å². The maximum absolute atomic E-state index is 13.0. The Kier molecular flexibility index (Phi) is 6.96. The fourth-order valence-electron chi connectivity index (χ4n) is 3.13. The number of nitrogens with zero attached hydrogens (tertiary/aromatic N) is 3. The molecule has 1 aromatic carbocycles. The third-order valence-corrected chi connectivity index (χ3v) is 6.31. The van der Waals surface area contributed by atoms with Crippen LogP contribution in [0.2, 0.25) is 5.15 Å². The molecule has 3 heterocycles. The summed E-state index contributed by atoms with van der Waals surface area (Å²) in [7, 11) is 0. The maximum Gasteiger partial charge on any atom is 0.260 e. The minimum atomic E-state index is -0.327. The first-order valence-corrected chi connectivity index (χ1v) is 11.3. The highest BCUT2D eigenvalue weighted by atomic mass is 35.5. The summed E-state index contributed by atoms with van der Waals surface area (Å²) in [6.45, 7) is 1.96. The molecule has 0 bridgehead atoms. The number of hydrogen-bond acceptors (Lipinski definition) is 6. The zero-order valence-electron chi connectivity index (χ0n) is 17.6. The number of aryl methyl sites for hydroxylation is 2. The van der Waals surface area contributed by atoms with Crippen molar-refractivity contribution in [2.24, 2.45) is 0 Å². The fraction of sp³-hybridized carbons (Fsp3) is 0.167. The van der Waals surface area contributed by atoms with E-state index in [1.807, 2.05) is 6.07 Å². The van der Waals surface area contributed by atoms with Crippen molar-refractivity contribution >= 4 is 28.7 Å². The highest BCUT2D eigenvalue weighted by Crippen LogP contribution is 2.23. The molecule has 0 unspecified atom stereocenters. The summed E-state index contributed by atoms with van der Waals surface area (Å²) < 4.78 is 20.0. The number of hydrogen-bond donors (Lipinski definition) is 0. The van der Waals surface area contributed by atoms with Gasteiger partial charge in [-0.05, 0) is 48.7 Å². The van der Waals surface area contributed by atoms with Crippen molar-refractivity contribution in [2.75, 3.05) is 0 Å². The van der Waals surface area contributed by atoms with Gasteiger partial charge in [0.25, 0.3) is 5.56 Å². The molecule has 168 valence electrons. The van der Waals surface area contributed by atoms with Gasteiger partial charge < -0.3 is 4.74 Å². The molecular weight excluding hydrogens is 465 g/mol. The van der Waals surface area contributed by atoms with Crippen molar-refractivity contribution in [3.05, 3.63) is 104 Å². The van der Waals surface area contributed by atoms with Crippen molar-refractivity contribution in [3.8, 4) is 10.9 Å². The second-order valence-electron chi connectivity index (χ2n) is 7.31. The molecule has 0 radical (unpaired) electrons. The van der Waals surface area contributed by atoms with E-state index >= 15 is 0 Å². The molecule has 0 aliphatic rings. The van der Waals surface area contributed by atoms with E-state index in [9.17, 15) is 14.0 Å². The molecule has 0 spiro atoms. The van der Waals surface area contributed by atoms with Gasteiger partial charge in [0.2, 0.25) is 0 Å². The van der Waals surface area contributed by atoms with Crippen LogP contribution in [0.3, 0.4) is 0 Å². The summed E-state index contributed by atoms with van der Waals surface area (Å²) in [5, 5.41) is 0.824. The number of carbonyl (C=O) groups excluding carboxylic acids is 1. The van der Waals surface area contributed by atoms with Gasteiger partial charge >= 0.3 is 0 Å². The van der Waals surface area contributed by atoms with E-state index in [2.05, 4.69) is 9.97 Å². The van der Waals surface area contributed by atoms with Gasteiger partial charge in [-0.2, -0.15) is 0 Å². The highest BCUT2D eigenvalue weighted by Gasteiger charge is 2.17. The normalized spacial score (nSPS) is 10.9. The standard InChI is InChI=1S/C24H19ClFN3O3S/c1-15-23(20(30)8-4-16-5-9-21(25)27-13-16)33-24(28-15)29-11-10-19(12-22(29)31)32-14-17-2-6-18(26)7-3-17/h2-3,5-7,9-13H,4,8,14H2,1H3. The third kappa shape index (κ3) is 5.71. The van der Waals surface area contributed by atoms with Crippen LogP contribution < -0.4 is 10.3 Å². The van der Waals surface area contributed by atoms with Crippen LogP contribution in [0.25, 0.3) is 5.13 Å². The minimum Gasteiger partial charge on any atom is -0.489 e. The Bertz CT molecular complexity index is 1330. The molecule has 0 atom stereocenters. The predicted octanol–water partition coefficient (Wildman–Crippen LogP) is 5.18. The number of ether oxygens (including phenoxy) is 1. The number of halogens is 2. The average Bonchev–Trinajstić information content (AvgIpc) is 3.19. The summed E-state index contributed by atoms with van der Waals surface area (Å²) in [6.07, 6.45) is 4.06. The summed E-state index contributed by atoms with van der Waals surface area (Å²) in [5.74, 6) is 0.0279. The lowest BCUT2D eigenvalue weighted by Crippen LogP contribution is -2.16. The second kappa shape index (κ2) is 10.1. The summed E-state index contributed by atoms with van der Waals surface area (Å²) in [5.41, 5.74) is 1.96. The molecule has 4 aromatic rings. The van der Waals surface area contributed by atoms with Gasteiger partial charge in [0, 0.05) is 24.9 Å². The number of ketones is 1. The van der Waals surface area contributed by atoms with Crippen LogP contribution in [0.1, 0.15) is 32.9 Å². The Morgan fingerprint density at radius 1 is 1.15 bits per heavy atom. The monoisotopic (exact) mass is 483 g/mol. The third-order valence-electron chi connectivity index (χ3n) is 4.88. The van der Waals surface area contributed by atoms with E-state index in [4.69, 9.17) is 16.3 Å². The van der Waals surface area contributed by atoms with Gasteiger partial charge in [-0.1, -0.05) is 41.1 Å². The number of carbonyl (C=O) groups is 1. The van der Waals surface area contributed by atoms with Gasteiger partial charge in [-0.3, -0.25) is 14.2 Å². The van der Waals surface area contributed by atoms with Crippen molar-refractivity contribution in [1.29, 1.82) is 0 Å². The molecule has 33 heavy (non-hydrogen) atoms. The Morgan fingerprint density at radius 2 is 1.91 bits per heavy atom. The summed E-state index contributed by atoms with van der Waals surface area (Å²) in [6, 6.07) is 12.5. The average molecular weight is 484 g/mol. The molecule has 0 aliphatic heterocycles. The first-order valence-electron chi connectivity index (χ1n) is 10.1. The van der Waals surface area contributed by atoms with Gasteiger partial charge in [0.05, 0.1) is 10.6 Å². The maximum atomic E-state index is 13.0. The molecule has 3 aromatic heterocycles. The van der Waals surface area contributed by atoms with E-state index in [0.29, 0.717) is 39.4 Å². The molecule has 0 saturated heterocycles. The van der Waals surface area contributed by atoms with Crippen LogP contribution in [0.15, 0.2) is 65.7 Å². The zero-order chi connectivity index (χ0) is 23.4. The highest BCUT2D eigenvalue weighted by molar-refractivity contribution is 7.16. The molecule has 0 N–H and O–H groups in total. The SMILES string of the molecule is Cc1nc(-n2ccc(OCc3ccc(F)cc3)cc2=O)sc1C(=O)CCc1ccc(Cl)nc1. The van der Waals surface area contributed by atoms with Crippen LogP contribution >= 0.6 is 22.9 Å². The molecule has 0 saturated carbocycles. The van der Waals surface area contributed by atoms with E-state index < -0.39 is 0 Å². The van der Waals surface area contributed by atoms with Crippen molar-refractivity contribution in [3.63, 3.8) is 0 Å². The van der Waals surface area contributed by atoms with E-state index in [1.165, 1.54) is 34.1 Å². The molecule has 0 fully saturated rings.